The summed E-state index contributed by atoms with van der Waals surface area (Å²) in [5.74, 6) is -0.334. The van der Waals surface area contributed by atoms with E-state index >= 15 is 0 Å². The predicted molar refractivity (Wildman–Crippen MR) is 54.0 cm³/mol. The van der Waals surface area contributed by atoms with Gasteiger partial charge in [-0.25, -0.2) is 0 Å². The highest BCUT2D eigenvalue weighted by molar-refractivity contribution is 9.11. The summed E-state index contributed by atoms with van der Waals surface area (Å²) in [7, 11) is 0. The lowest BCUT2D eigenvalue weighted by Crippen LogP contribution is -2.52. The number of hydrogen-bond donors (Lipinski definition) is 2. The highest BCUT2D eigenvalue weighted by atomic mass is 79.9. The summed E-state index contributed by atoms with van der Waals surface area (Å²) in [5, 5.41) is 3.02. The lowest BCUT2D eigenvalue weighted by molar-refractivity contribution is -0.123. The molecule has 0 saturated heterocycles. The minimum absolute atomic E-state index is 0.334. The van der Waals surface area contributed by atoms with Gasteiger partial charge in [-0.15, -0.1) is 0 Å². The minimum atomic E-state index is -0.628. The molecule has 0 rings (SSSR count). The second-order valence-corrected chi connectivity index (χ2v) is 4.04. The van der Waals surface area contributed by atoms with Gasteiger partial charge in [0.25, 0.3) is 0 Å². The van der Waals surface area contributed by atoms with Crippen LogP contribution in [-0.4, -0.2) is 18.0 Å². The van der Waals surface area contributed by atoms with Gasteiger partial charge in [0.15, 0.2) is 0 Å². The van der Waals surface area contributed by atoms with Crippen molar-refractivity contribution in [2.75, 3.05) is 6.54 Å². The first-order valence-electron chi connectivity index (χ1n) is 3.80. The zero-order valence-corrected chi connectivity index (χ0v) is 9.07. The van der Waals surface area contributed by atoms with E-state index in [0.717, 1.165) is 4.48 Å². The first kappa shape index (κ1) is 11.6. The number of halogens is 1. The highest BCUT2D eigenvalue weighted by Gasteiger charge is 2.27. The smallest absolute Gasteiger partial charge is 0.237 e. The van der Waals surface area contributed by atoms with Crippen LogP contribution in [0.5, 0.6) is 0 Å². The van der Waals surface area contributed by atoms with Crippen molar-refractivity contribution in [3.05, 3.63) is 11.1 Å². The molecule has 3 nitrogen and oxygen atoms in total. The third kappa shape index (κ3) is 3.36. The Morgan fingerprint density at radius 1 is 1.75 bits per heavy atom. The fourth-order valence-electron chi connectivity index (χ4n) is 0.677. The molecule has 0 aliphatic heterocycles. The van der Waals surface area contributed by atoms with Gasteiger partial charge in [0.05, 0.1) is 5.54 Å². The zero-order chi connectivity index (χ0) is 9.78. The Balaban J connectivity index is 4.15. The molecule has 3 N–H and O–H groups in total. The number of carbonyl (C=O) groups is 1. The zero-order valence-electron chi connectivity index (χ0n) is 7.48. The summed E-state index contributed by atoms with van der Waals surface area (Å²) in [6.07, 6.45) is 0.669. The SMILES string of the molecule is C=C(Br)CNC(C)(CC)C(N)=O. The summed E-state index contributed by atoms with van der Waals surface area (Å²) in [6, 6.07) is 0. The van der Waals surface area contributed by atoms with Crippen LogP contribution in [0.3, 0.4) is 0 Å². The molecule has 0 fully saturated rings. The molecule has 12 heavy (non-hydrogen) atoms. The molecular formula is C8H15BrN2O. The summed E-state index contributed by atoms with van der Waals surface area (Å²) in [5.41, 5.74) is 4.59. The molecule has 0 radical (unpaired) electrons. The Morgan fingerprint density at radius 2 is 2.25 bits per heavy atom. The maximum Gasteiger partial charge on any atom is 0.237 e. The van der Waals surface area contributed by atoms with E-state index in [9.17, 15) is 4.79 Å². The van der Waals surface area contributed by atoms with Gasteiger partial charge in [0, 0.05) is 11.0 Å². The molecule has 70 valence electrons. The first-order chi connectivity index (χ1) is 5.42. The Morgan fingerprint density at radius 3 is 2.50 bits per heavy atom. The van der Waals surface area contributed by atoms with Crippen molar-refractivity contribution in [1.82, 2.24) is 5.32 Å². The van der Waals surface area contributed by atoms with Crippen molar-refractivity contribution in [1.29, 1.82) is 0 Å². The Hall–Kier alpha value is -0.350. The molecule has 0 aromatic carbocycles. The monoisotopic (exact) mass is 234 g/mol. The van der Waals surface area contributed by atoms with Crippen LogP contribution in [-0.2, 0) is 4.79 Å². The van der Waals surface area contributed by atoms with Gasteiger partial charge in [-0.05, 0) is 13.3 Å². The molecule has 0 bridgehead atoms. The maximum atomic E-state index is 11.0. The molecule has 1 amide bonds. The number of amides is 1. The molecule has 0 heterocycles. The van der Waals surface area contributed by atoms with E-state index in [-0.39, 0.29) is 5.91 Å². The van der Waals surface area contributed by atoms with Gasteiger partial charge >= 0.3 is 0 Å². The lowest BCUT2D eigenvalue weighted by atomic mass is 9.98. The highest BCUT2D eigenvalue weighted by Crippen LogP contribution is 2.09. The van der Waals surface area contributed by atoms with E-state index in [1.165, 1.54) is 0 Å². The van der Waals surface area contributed by atoms with Crippen molar-refractivity contribution >= 4 is 21.8 Å². The van der Waals surface area contributed by atoms with Crippen molar-refractivity contribution in [3.8, 4) is 0 Å². The third-order valence-electron chi connectivity index (χ3n) is 1.92. The van der Waals surface area contributed by atoms with Crippen LogP contribution in [0.15, 0.2) is 11.1 Å². The normalized spacial score (nSPS) is 15.2. The second kappa shape index (κ2) is 4.62. The summed E-state index contributed by atoms with van der Waals surface area (Å²) < 4.78 is 0.809. The van der Waals surface area contributed by atoms with Gasteiger partial charge in [-0.2, -0.15) is 0 Å². The van der Waals surface area contributed by atoms with Crippen LogP contribution in [0.4, 0.5) is 0 Å². The maximum absolute atomic E-state index is 11.0. The fourth-order valence-corrected chi connectivity index (χ4v) is 0.818. The van der Waals surface area contributed by atoms with Crippen molar-refractivity contribution < 1.29 is 4.79 Å². The Bertz CT molecular complexity index is 193. The molecular weight excluding hydrogens is 220 g/mol. The average molecular weight is 235 g/mol. The number of rotatable bonds is 5. The van der Waals surface area contributed by atoms with E-state index in [4.69, 9.17) is 5.73 Å². The molecule has 0 aromatic heterocycles. The van der Waals surface area contributed by atoms with Crippen LogP contribution in [0.2, 0.25) is 0 Å². The second-order valence-electron chi connectivity index (χ2n) is 2.92. The van der Waals surface area contributed by atoms with Crippen LogP contribution >= 0.6 is 15.9 Å². The van der Waals surface area contributed by atoms with Crippen LogP contribution < -0.4 is 11.1 Å². The Kier molecular flexibility index (Phi) is 4.49. The molecule has 0 aromatic rings. The minimum Gasteiger partial charge on any atom is -0.368 e. The number of nitrogens with one attached hydrogen (secondary N) is 1. The molecule has 0 aliphatic carbocycles. The molecule has 0 saturated carbocycles. The average Bonchev–Trinajstić information content (AvgIpc) is 1.99. The van der Waals surface area contributed by atoms with E-state index < -0.39 is 5.54 Å². The predicted octanol–water partition coefficient (Wildman–Crippen LogP) is 1.14. The van der Waals surface area contributed by atoms with Crippen LogP contribution in [0, 0.1) is 0 Å². The summed E-state index contributed by atoms with van der Waals surface area (Å²) in [6.45, 7) is 7.90. The quantitative estimate of drug-likeness (QED) is 0.750. The number of hydrogen-bond acceptors (Lipinski definition) is 2. The topological polar surface area (TPSA) is 55.1 Å². The number of carbonyl (C=O) groups excluding carboxylic acids is 1. The summed E-state index contributed by atoms with van der Waals surface area (Å²) >= 11 is 3.20. The molecule has 4 heteroatoms. The first-order valence-corrected chi connectivity index (χ1v) is 4.60. The third-order valence-corrected chi connectivity index (χ3v) is 2.20. The number of primary amides is 1. The molecule has 1 atom stereocenters. The van der Waals surface area contributed by atoms with Crippen molar-refractivity contribution in [2.45, 2.75) is 25.8 Å². The fraction of sp³-hybridized carbons (Fsp3) is 0.625. The van der Waals surface area contributed by atoms with Crippen LogP contribution in [0.25, 0.3) is 0 Å². The van der Waals surface area contributed by atoms with Gasteiger partial charge in [0.2, 0.25) is 5.91 Å². The summed E-state index contributed by atoms with van der Waals surface area (Å²) in [4.78, 5) is 11.0. The van der Waals surface area contributed by atoms with Gasteiger partial charge in [0.1, 0.15) is 0 Å². The Labute approximate surface area is 81.5 Å². The van der Waals surface area contributed by atoms with Gasteiger partial charge in [-0.3, -0.25) is 10.1 Å². The van der Waals surface area contributed by atoms with Crippen LogP contribution in [0.1, 0.15) is 20.3 Å². The molecule has 0 spiro atoms. The lowest BCUT2D eigenvalue weighted by Gasteiger charge is -2.25. The standard InChI is InChI=1S/C8H15BrN2O/c1-4-8(3,7(10)12)11-5-6(2)9/h11H,2,4-5H2,1,3H3,(H2,10,12). The van der Waals surface area contributed by atoms with E-state index in [1.54, 1.807) is 6.92 Å². The van der Waals surface area contributed by atoms with Crippen molar-refractivity contribution in [3.63, 3.8) is 0 Å². The van der Waals surface area contributed by atoms with E-state index in [2.05, 4.69) is 27.8 Å². The van der Waals surface area contributed by atoms with E-state index in [0.29, 0.717) is 13.0 Å². The van der Waals surface area contributed by atoms with Gasteiger partial charge in [-0.1, -0.05) is 29.4 Å². The largest absolute Gasteiger partial charge is 0.368 e. The number of nitrogens with two attached hydrogens (primary N) is 1. The molecule has 0 aliphatic rings. The van der Waals surface area contributed by atoms with Gasteiger partial charge < -0.3 is 5.73 Å². The van der Waals surface area contributed by atoms with Crippen molar-refractivity contribution in [2.24, 2.45) is 5.73 Å². The molecule has 1 unspecified atom stereocenters. The van der Waals surface area contributed by atoms with E-state index in [1.807, 2.05) is 6.92 Å².